The van der Waals surface area contributed by atoms with E-state index >= 15 is 0 Å². The Bertz CT molecular complexity index is 314. The van der Waals surface area contributed by atoms with E-state index < -0.39 is 0 Å². The molecule has 0 fully saturated rings. The van der Waals surface area contributed by atoms with E-state index in [1.54, 1.807) is 0 Å². The van der Waals surface area contributed by atoms with E-state index in [-0.39, 0.29) is 0 Å². The highest BCUT2D eigenvalue weighted by atomic mass is 16.3. The molecule has 2 heteroatoms. The van der Waals surface area contributed by atoms with Gasteiger partial charge in [0.05, 0.1) is 0 Å². The Morgan fingerprint density at radius 2 is 0.893 bits per heavy atom. The molecular formula is C26H53NO. The van der Waals surface area contributed by atoms with E-state index in [9.17, 15) is 5.11 Å². The molecule has 0 aliphatic heterocycles. The monoisotopic (exact) mass is 395 g/mol. The molecular weight excluding hydrogens is 342 g/mol. The topological polar surface area (TPSA) is 32.3 Å². The van der Waals surface area contributed by atoms with Crippen LogP contribution < -0.4 is 5.32 Å². The van der Waals surface area contributed by atoms with Crippen molar-refractivity contribution in [1.82, 2.24) is 5.32 Å². The highest BCUT2D eigenvalue weighted by Gasteiger charge is 1.96. The summed E-state index contributed by atoms with van der Waals surface area (Å²) in [5, 5.41) is 13.0. The molecule has 0 radical (unpaired) electrons. The van der Waals surface area contributed by atoms with Gasteiger partial charge < -0.3 is 10.4 Å². The lowest BCUT2D eigenvalue weighted by Crippen LogP contribution is -2.08. The van der Waals surface area contributed by atoms with E-state index in [0.717, 1.165) is 19.4 Å². The van der Waals surface area contributed by atoms with Gasteiger partial charge in [-0.15, -0.1) is 0 Å². The van der Waals surface area contributed by atoms with Crippen molar-refractivity contribution in [3.8, 4) is 0 Å². The van der Waals surface area contributed by atoms with Gasteiger partial charge in [0.15, 0.2) is 0 Å². The average Bonchev–Trinajstić information content (AvgIpc) is 2.70. The summed E-state index contributed by atoms with van der Waals surface area (Å²) in [5.74, 6) is 0.521. The maximum Gasteiger partial charge on any atom is 0.108 e. The minimum Gasteiger partial charge on any atom is -0.511 e. The van der Waals surface area contributed by atoms with Crippen LogP contribution in [0.4, 0.5) is 0 Å². The largest absolute Gasteiger partial charge is 0.511 e. The molecule has 0 aliphatic carbocycles. The predicted octanol–water partition coefficient (Wildman–Crippen LogP) is 9.21. The Morgan fingerprint density at radius 1 is 0.536 bits per heavy atom. The van der Waals surface area contributed by atoms with Crippen molar-refractivity contribution < 1.29 is 5.11 Å². The minimum absolute atomic E-state index is 0.521. The van der Waals surface area contributed by atoms with Crippen molar-refractivity contribution in [3.63, 3.8) is 0 Å². The molecule has 0 saturated heterocycles. The third-order valence-electron chi connectivity index (χ3n) is 5.73. The predicted molar refractivity (Wildman–Crippen MR) is 127 cm³/mol. The molecule has 0 spiro atoms. The summed E-state index contributed by atoms with van der Waals surface area (Å²) in [6.45, 7) is 5.51. The lowest BCUT2D eigenvalue weighted by Gasteiger charge is -2.05. The van der Waals surface area contributed by atoms with Gasteiger partial charge in [-0.1, -0.05) is 129 Å². The van der Waals surface area contributed by atoms with Crippen molar-refractivity contribution in [2.75, 3.05) is 6.54 Å². The Hall–Kier alpha value is -0.660. The van der Waals surface area contributed by atoms with Crippen LogP contribution in [0.2, 0.25) is 0 Å². The molecule has 0 amide bonds. The van der Waals surface area contributed by atoms with E-state index in [2.05, 4.69) is 19.2 Å². The molecule has 0 aromatic heterocycles. The summed E-state index contributed by atoms with van der Waals surface area (Å²) in [7, 11) is 0. The third kappa shape index (κ3) is 23.4. The van der Waals surface area contributed by atoms with Gasteiger partial charge in [-0.25, -0.2) is 0 Å². The molecule has 0 aliphatic rings. The van der Waals surface area contributed by atoms with Gasteiger partial charge in [-0.05, 0) is 12.8 Å². The Kier molecular flexibility index (Phi) is 23.8. The Balaban J connectivity index is 3.13. The molecule has 28 heavy (non-hydrogen) atoms. The Labute approximate surface area is 178 Å². The zero-order chi connectivity index (χ0) is 20.5. The first-order chi connectivity index (χ1) is 13.8. The van der Waals surface area contributed by atoms with Gasteiger partial charge in [0.25, 0.3) is 0 Å². The fourth-order valence-electron chi connectivity index (χ4n) is 3.77. The van der Waals surface area contributed by atoms with E-state index in [0.29, 0.717) is 5.76 Å². The quantitative estimate of drug-likeness (QED) is 0.133. The standard InChI is InChI=1S/C26H53NO/c1-3-5-7-9-10-11-12-13-14-15-16-17-18-19-20-22-24-27-25-26(28)23-21-8-6-4-2/h25,27-28H,3-24H2,1-2H3. The normalized spacial score (nSPS) is 11.9. The summed E-state index contributed by atoms with van der Waals surface area (Å²) in [5.41, 5.74) is 0. The van der Waals surface area contributed by atoms with Crippen molar-refractivity contribution in [3.05, 3.63) is 12.0 Å². The highest BCUT2D eigenvalue weighted by molar-refractivity contribution is 4.88. The van der Waals surface area contributed by atoms with Crippen LogP contribution in [0.3, 0.4) is 0 Å². The first-order valence-electron chi connectivity index (χ1n) is 12.9. The summed E-state index contributed by atoms with van der Waals surface area (Å²) in [6, 6.07) is 0. The number of hydrogen-bond acceptors (Lipinski definition) is 2. The first kappa shape index (κ1) is 27.3. The molecule has 0 rings (SSSR count). The van der Waals surface area contributed by atoms with Crippen LogP contribution in [0.15, 0.2) is 12.0 Å². The molecule has 0 atom stereocenters. The maximum atomic E-state index is 9.78. The molecule has 0 aromatic carbocycles. The summed E-state index contributed by atoms with van der Waals surface area (Å²) < 4.78 is 0. The average molecular weight is 396 g/mol. The molecule has 2 nitrogen and oxygen atoms in total. The van der Waals surface area contributed by atoms with Gasteiger partial charge in [0, 0.05) is 19.2 Å². The lowest BCUT2D eigenvalue weighted by atomic mass is 10.0. The molecule has 0 unspecified atom stereocenters. The van der Waals surface area contributed by atoms with E-state index in [1.807, 2.05) is 6.20 Å². The van der Waals surface area contributed by atoms with Gasteiger partial charge in [-0.2, -0.15) is 0 Å². The number of hydrogen-bond donors (Lipinski definition) is 2. The highest BCUT2D eigenvalue weighted by Crippen LogP contribution is 2.13. The van der Waals surface area contributed by atoms with E-state index in [1.165, 1.54) is 122 Å². The number of rotatable bonds is 23. The number of unbranched alkanes of at least 4 members (excludes halogenated alkanes) is 18. The van der Waals surface area contributed by atoms with Crippen molar-refractivity contribution >= 4 is 0 Å². The van der Waals surface area contributed by atoms with Crippen LogP contribution in [0.5, 0.6) is 0 Å². The maximum absolute atomic E-state index is 9.78. The smallest absolute Gasteiger partial charge is 0.108 e. The number of aliphatic hydroxyl groups is 1. The lowest BCUT2D eigenvalue weighted by molar-refractivity contribution is 0.375. The summed E-state index contributed by atoms with van der Waals surface area (Å²) >= 11 is 0. The minimum atomic E-state index is 0.521. The third-order valence-corrected chi connectivity index (χ3v) is 5.73. The molecule has 0 bridgehead atoms. The SMILES string of the molecule is CCCCCCCCCCCCCCCCCCNC=C(O)CCCCCC. The summed E-state index contributed by atoms with van der Waals surface area (Å²) in [6.07, 6.45) is 30.1. The second-order valence-electron chi connectivity index (χ2n) is 8.70. The Morgan fingerprint density at radius 3 is 1.32 bits per heavy atom. The molecule has 0 saturated carbocycles. The van der Waals surface area contributed by atoms with Crippen LogP contribution in [0, 0.1) is 0 Å². The van der Waals surface area contributed by atoms with Gasteiger partial charge in [0.2, 0.25) is 0 Å². The van der Waals surface area contributed by atoms with Crippen LogP contribution in [0.25, 0.3) is 0 Å². The fourth-order valence-corrected chi connectivity index (χ4v) is 3.77. The number of aliphatic hydroxyl groups excluding tert-OH is 1. The van der Waals surface area contributed by atoms with Crippen LogP contribution in [-0.2, 0) is 0 Å². The number of allylic oxidation sites excluding steroid dienone is 1. The second-order valence-corrected chi connectivity index (χ2v) is 8.70. The van der Waals surface area contributed by atoms with Gasteiger partial charge in [0.1, 0.15) is 5.76 Å². The van der Waals surface area contributed by atoms with Crippen LogP contribution in [0.1, 0.15) is 149 Å². The number of nitrogens with one attached hydrogen (secondary N) is 1. The molecule has 2 N–H and O–H groups in total. The van der Waals surface area contributed by atoms with Gasteiger partial charge >= 0.3 is 0 Å². The zero-order valence-corrected chi connectivity index (χ0v) is 19.6. The van der Waals surface area contributed by atoms with Crippen molar-refractivity contribution in [2.24, 2.45) is 0 Å². The van der Waals surface area contributed by atoms with Crippen molar-refractivity contribution in [2.45, 2.75) is 149 Å². The molecule has 168 valence electrons. The second kappa shape index (κ2) is 24.4. The molecule has 0 heterocycles. The fraction of sp³-hybridized carbons (Fsp3) is 0.923. The van der Waals surface area contributed by atoms with Crippen molar-refractivity contribution in [1.29, 1.82) is 0 Å². The summed E-state index contributed by atoms with van der Waals surface area (Å²) in [4.78, 5) is 0. The van der Waals surface area contributed by atoms with E-state index in [4.69, 9.17) is 0 Å². The van der Waals surface area contributed by atoms with Crippen LogP contribution >= 0.6 is 0 Å². The molecule has 0 aromatic rings. The first-order valence-corrected chi connectivity index (χ1v) is 12.9. The van der Waals surface area contributed by atoms with Gasteiger partial charge in [-0.3, -0.25) is 0 Å². The van der Waals surface area contributed by atoms with Crippen LogP contribution in [-0.4, -0.2) is 11.7 Å². The zero-order valence-electron chi connectivity index (χ0n) is 19.6.